The fourth-order valence-corrected chi connectivity index (χ4v) is 0.539. The molecular formula is C10H19NO5. The van der Waals surface area contributed by atoms with Crippen molar-refractivity contribution in [3.8, 4) is 0 Å². The number of hydrogen-bond donors (Lipinski definition) is 1. The molecule has 0 aliphatic rings. The lowest BCUT2D eigenvalue weighted by Gasteiger charge is -1.96. The van der Waals surface area contributed by atoms with Gasteiger partial charge in [0.05, 0.1) is 13.2 Å². The first kappa shape index (κ1) is 16.8. The van der Waals surface area contributed by atoms with Crippen molar-refractivity contribution in [2.24, 2.45) is 5.16 Å². The van der Waals surface area contributed by atoms with Crippen LogP contribution < -0.4 is 0 Å². The Morgan fingerprint density at radius 1 is 1.12 bits per heavy atom. The first-order valence-corrected chi connectivity index (χ1v) is 5.04. The van der Waals surface area contributed by atoms with Crippen LogP contribution in [0.2, 0.25) is 0 Å². The minimum Gasteiger partial charge on any atom is -0.466 e. The monoisotopic (exact) mass is 233 g/mol. The van der Waals surface area contributed by atoms with Crippen LogP contribution in [-0.4, -0.2) is 36.1 Å². The zero-order valence-electron chi connectivity index (χ0n) is 10.1. The molecule has 0 amide bonds. The Hall–Kier alpha value is -1.59. The van der Waals surface area contributed by atoms with E-state index >= 15 is 0 Å². The normalized spacial score (nSPS) is 9.88. The number of hydrogen-bond acceptors (Lipinski definition) is 6. The van der Waals surface area contributed by atoms with Gasteiger partial charge in [0.2, 0.25) is 0 Å². The molecule has 0 aromatic carbocycles. The third-order valence-corrected chi connectivity index (χ3v) is 1.31. The summed E-state index contributed by atoms with van der Waals surface area (Å²) in [6.07, 6.45) is 0.480. The first-order valence-electron chi connectivity index (χ1n) is 5.04. The molecular weight excluding hydrogens is 214 g/mol. The molecule has 94 valence electrons. The quantitative estimate of drug-likeness (QED) is 0.343. The third-order valence-electron chi connectivity index (χ3n) is 1.31. The van der Waals surface area contributed by atoms with Crippen molar-refractivity contribution in [3.05, 3.63) is 0 Å². The van der Waals surface area contributed by atoms with Crippen LogP contribution in [0, 0.1) is 0 Å². The van der Waals surface area contributed by atoms with Gasteiger partial charge >= 0.3 is 11.9 Å². The maximum atomic E-state index is 10.5. The lowest BCUT2D eigenvalue weighted by atomic mass is 10.4. The second kappa shape index (κ2) is 11.5. The second-order valence-electron chi connectivity index (χ2n) is 2.56. The van der Waals surface area contributed by atoms with Gasteiger partial charge in [-0.05, 0) is 20.8 Å². The summed E-state index contributed by atoms with van der Waals surface area (Å²) in [5.74, 6) is -0.706. The molecule has 6 nitrogen and oxygen atoms in total. The molecule has 0 saturated heterocycles. The van der Waals surface area contributed by atoms with E-state index in [9.17, 15) is 9.59 Å². The van der Waals surface area contributed by atoms with Gasteiger partial charge < -0.3 is 14.7 Å². The Labute approximate surface area is 95.2 Å². The summed E-state index contributed by atoms with van der Waals surface area (Å²) >= 11 is 0. The molecule has 0 heterocycles. The van der Waals surface area contributed by atoms with Gasteiger partial charge in [-0.2, -0.15) is 0 Å². The van der Waals surface area contributed by atoms with Crippen LogP contribution in [0.4, 0.5) is 0 Å². The molecule has 1 N–H and O–H groups in total. The Bertz CT molecular complexity index is 237. The van der Waals surface area contributed by atoms with Crippen molar-refractivity contribution in [2.45, 2.75) is 34.1 Å². The fraction of sp³-hybridized carbons (Fsp3) is 0.700. The summed E-state index contributed by atoms with van der Waals surface area (Å²) in [4.78, 5) is 20.7. The highest BCUT2D eigenvalue weighted by Gasteiger charge is 2.04. The van der Waals surface area contributed by atoms with E-state index < -0.39 is 5.97 Å². The topological polar surface area (TPSA) is 85.2 Å². The van der Waals surface area contributed by atoms with Gasteiger partial charge in [0.15, 0.2) is 5.71 Å². The average molecular weight is 233 g/mol. The van der Waals surface area contributed by atoms with Crippen molar-refractivity contribution in [3.63, 3.8) is 0 Å². The van der Waals surface area contributed by atoms with Crippen LogP contribution >= 0.6 is 0 Å². The third kappa shape index (κ3) is 10.5. The van der Waals surface area contributed by atoms with E-state index in [1.807, 2.05) is 0 Å². The van der Waals surface area contributed by atoms with Crippen molar-refractivity contribution in [1.82, 2.24) is 0 Å². The van der Waals surface area contributed by atoms with Crippen molar-refractivity contribution in [2.75, 3.05) is 13.2 Å². The molecule has 16 heavy (non-hydrogen) atoms. The van der Waals surface area contributed by atoms with E-state index in [1.165, 1.54) is 6.92 Å². The molecule has 0 bridgehead atoms. The molecule has 0 aromatic rings. The SMILES string of the molecule is CCOC(=O)C(C)=NO.CCOC(=O)CC. The Balaban J connectivity index is 0. The maximum absolute atomic E-state index is 10.5. The van der Waals surface area contributed by atoms with Crippen molar-refractivity contribution in [1.29, 1.82) is 0 Å². The van der Waals surface area contributed by atoms with Gasteiger partial charge in [0.25, 0.3) is 0 Å². The van der Waals surface area contributed by atoms with Crippen LogP contribution in [0.15, 0.2) is 5.16 Å². The molecule has 0 aliphatic carbocycles. The number of oxime groups is 1. The van der Waals surface area contributed by atoms with Crippen LogP contribution in [0.3, 0.4) is 0 Å². The number of rotatable bonds is 4. The fourth-order valence-electron chi connectivity index (χ4n) is 0.539. The molecule has 0 radical (unpaired) electrons. The highest BCUT2D eigenvalue weighted by Crippen LogP contribution is 1.81. The largest absolute Gasteiger partial charge is 0.466 e. The van der Waals surface area contributed by atoms with Crippen LogP contribution in [0.1, 0.15) is 34.1 Å². The highest BCUT2D eigenvalue weighted by atomic mass is 16.5. The van der Waals surface area contributed by atoms with Gasteiger partial charge in [-0.1, -0.05) is 12.1 Å². The summed E-state index contributed by atoms with van der Waals surface area (Å²) in [5.41, 5.74) is -0.0307. The van der Waals surface area contributed by atoms with Crippen LogP contribution in [0.25, 0.3) is 0 Å². The van der Waals surface area contributed by atoms with E-state index in [2.05, 4.69) is 14.6 Å². The number of carbonyl (C=O) groups is 2. The molecule has 0 aromatic heterocycles. The first-order chi connectivity index (χ1) is 7.53. The summed E-state index contributed by atoms with van der Waals surface area (Å²) < 4.78 is 9.02. The van der Waals surface area contributed by atoms with Crippen molar-refractivity contribution >= 4 is 17.7 Å². The second-order valence-corrected chi connectivity index (χ2v) is 2.56. The van der Waals surface area contributed by atoms with E-state index in [0.717, 1.165) is 0 Å². The molecule has 0 aliphatic heterocycles. The minimum atomic E-state index is -0.583. The average Bonchev–Trinajstić information content (AvgIpc) is 2.29. The zero-order chi connectivity index (χ0) is 13.0. The number of nitrogens with zero attached hydrogens (tertiary/aromatic N) is 1. The molecule has 0 saturated carbocycles. The van der Waals surface area contributed by atoms with Gasteiger partial charge in [0.1, 0.15) is 0 Å². The van der Waals surface area contributed by atoms with Gasteiger partial charge in [-0.3, -0.25) is 4.79 Å². The van der Waals surface area contributed by atoms with E-state index in [0.29, 0.717) is 19.6 Å². The number of carbonyl (C=O) groups excluding carboxylic acids is 2. The molecule has 0 fully saturated rings. The summed E-state index contributed by atoms with van der Waals surface area (Å²) in [7, 11) is 0. The van der Waals surface area contributed by atoms with Gasteiger partial charge in [-0.15, -0.1) is 0 Å². The molecule has 6 heteroatoms. The summed E-state index contributed by atoms with van der Waals surface area (Å²) in [5, 5.41) is 10.7. The minimum absolute atomic E-state index is 0.0307. The smallest absolute Gasteiger partial charge is 0.355 e. The number of esters is 2. The number of ether oxygens (including phenoxy) is 2. The molecule has 0 rings (SSSR count). The Morgan fingerprint density at radius 2 is 1.62 bits per heavy atom. The van der Waals surface area contributed by atoms with E-state index in [4.69, 9.17) is 5.21 Å². The van der Waals surface area contributed by atoms with Crippen LogP contribution in [-0.2, 0) is 19.1 Å². The van der Waals surface area contributed by atoms with Gasteiger partial charge in [-0.25, -0.2) is 4.79 Å². The summed E-state index contributed by atoms with van der Waals surface area (Å²) in [6.45, 7) is 7.42. The standard InChI is InChI=1S/C5H9NO3.C5H10O2/c1-3-9-5(7)4(2)6-8;1-3-5(6)7-4-2/h8H,3H2,1-2H3;3-4H2,1-2H3. The van der Waals surface area contributed by atoms with Gasteiger partial charge in [0, 0.05) is 6.42 Å². The van der Waals surface area contributed by atoms with Crippen LogP contribution in [0.5, 0.6) is 0 Å². The van der Waals surface area contributed by atoms with E-state index in [1.54, 1.807) is 20.8 Å². The predicted molar refractivity (Wildman–Crippen MR) is 58.5 cm³/mol. The molecule has 0 unspecified atom stereocenters. The zero-order valence-corrected chi connectivity index (χ0v) is 10.1. The maximum Gasteiger partial charge on any atom is 0.355 e. The molecule has 0 spiro atoms. The predicted octanol–water partition coefficient (Wildman–Crippen LogP) is 1.36. The Kier molecular flexibility index (Phi) is 12.1. The highest BCUT2D eigenvalue weighted by molar-refractivity contribution is 6.35. The summed E-state index contributed by atoms with van der Waals surface area (Å²) in [6, 6.07) is 0. The lowest BCUT2D eigenvalue weighted by Crippen LogP contribution is -2.13. The molecule has 0 atom stereocenters. The van der Waals surface area contributed by atoms with E-state index in [-0.39, 0.29) is 11.7 Å². The lowest BCUT2D eigenvalue weighted by molar-refractivity contribution is -0.142. The Morgan fingerprint density at radius 3 is 1.88 bits per heavy atom. The van der Waals surface area contributed by atoms with Crippen molar-refractivity contribution < 1.29 is 24.3 Å².